The van der Waals surface area contributed by atoms with E-state index in [0.29, 0.717) is 6.61 Å². The molecule has 0 aliphatic carbocycles. The number of amides is 3. The molecule has 0 aliphatic heterocycles. The van der Waals surface area contributed by atoms with Crippen LogP contribution in [0.15, 0.2) is 0 Å². The lowest BCUT2D eigenvalue weighted by atomic mass is 10.0. The highest BCUT2D eigenvalue weighted by Crippen LogP contribution is 2.12. The standard InChI is InChI=1S/C17H34N2O3/c1-2-3-4-5-6-7-8-9-10-11-12-13-14-15-22-17(21)19-16(18)20/h2-15H2,1H3,(H3,18,19,20,21). The van der Waals surface area contributed by atoms with Crippen LogP contribution in [-0.2, 0) is 4.74 Å². The van der Waals surface area contributed by atoms with E-state index < -0.39 is 12.1 Å². The molecule has 0 heterocycles. The van der Waals surface area contributed by atoms with Gasteiger partial charge in [0.2, 0.25) is 0 Å². The van der Waals surface area contributed by atoms with Crippen molar-refractivity contribution < 1.29 is 14.3 Å². The van der Waals surface area contributed by atoms with Gasteiger partial charge >= 0.3 is 12.1 Å². The zero-order valence-corrected chi connectivity index (χ0v) is 14.2. The van der Waals surface area contributed by atoms with Crippen molar-refractivity contribution in [2.75, 3.05) is 6.61 Å². The van der Waals surface area contributed by atoms with Gasteiger partial charge in [-0.1, -0.05) is 84.0 Å². The van der Waals surface area contributed by atoms with Gasteiger partial charge in [-0.25, -0.2) is 14.9 Å². The fourth-order valence-corrected chi connectivity index (χ4v) is 2.42. The first-order valence-corrected chi connectivity index (χ1v) is 8.90. The molecule has 3 N–H and O–H groups in total. The van der Waals surface area contributed by atoms with Crippen molar-refractivity contribution >= 4 is 12.1 Å². The van der Waals surface area contributed by atoms with E-state index >= 15 is 0 Å². The van der Waals surface area contributed by atoms with Gasteiger partial charge in [0, 0.05) is 0 Å². The molecular weight excluding hydrogens is 280 g/mol. The minimum absolute atomic E-state index is 0.344. The molecule has 0 saturated carbocycles. The molecule has 0 bridgehead atoms. The Morgan fingerprint density at radius 2 is 1.18 bits per heavy atom. The molecule has 130 valence electrons. The number of nitrogens with one attached hydrogen (secondary N) is 1. The summed E-state index contributed by atoms with van der Waals surface area (Å²) >= 11 is 0. The number of imide groups is 1. The Bertz CT molecular complexity index is 283. The number of alkyl carbamates (subject to hydrolysis) is 1. The van der Waals surface area contributed by atoms with Gasteiger partial charge in [0.15, 0.2) is 0 Å². The van der Waals surface area contributed by atoms with E-state index in [1.165, 1.54) is 70.6 Å². The first-order chi connectivity index (χ1) is 10.7. The van der Waals surface area contributed by atoms with Gasteiger partial charge in [-0.3, -0.25) is 0 Å². The lowest BCUT2D eigenvalue weighted by molar-refractivity contribution is 0.145. The quantitative estimate of drug-likeness (QED) is 0.448. The smallest absolute Gasteiger partial charge is 0.415 e. The number of hydrogen-bond donors (Lipinski definition) is 2. The van der Waals surface area contributed by atoms with Gasteiger partial charge < -0.3 is 10.5 Å². The van der Waals surface area contributed by atoms with Crippen molar-refractivity contribution in [2.24, 2.45) is 5.73 Å². The first kappa shape index (κ1) is 20.7. The maximum absolute atomic E-state index is 10.9. The maximum Gasteiger partial charge on any atom is 0.415 e. The van der Waals surface area contributed by atoms with Crippen molar-refractivity contribution in [3.8, 4) is 0 Å². The molecular formula is C17H34N2O3. The van der Waals surface area contributed by atoms with Gasteiger partial charge in [-0.05, 0) is 6.42 Å². The summed E-state index contributed by atoms with van der Waals surface area (Å²) in [4.78, 5) is 21.3. The van der Waals surface area contributed by atoms with E-state index in [1.807, 2.05) is 5.32 Å². The van der Waals surface area contributed by atoms with Crippen molar-refractivity contribution in [2.45, 2.75) is 90.4 Å². The number of nitrogens with two attached hydrogens (primary N) is 1. The largest absolute Gasteiger partial charge is 0.449 e. The van der Waals surface area contributed by atoms with E-state index in [-0.39, 0.29) is 0 Å². The Balaban J connectivity index is 3.08. The van der Waals surface area contributed by atoms with Gasteiger partial charge in [-0.2, -0.15) is 0 Å². The van der Waals surface area contributed by atoms with Crippen molar-refractivity contribution in [3.05, 3.63) is 0 Å². The van der Waals surface area contributed by atoms with E-state index in [9.17, 15) is 9.59 Å². The zero-order valence-electron chi connectivity index (χ0n) is 14.2. The highest BCUT2D eigenvalue weighted by molar-refractivity contribution is 5.89. The lowest BCUT2D eigenvalue weighted by Crippen LogP contribution is -2.35. The van der Waals surface area contributed by atoms with Gasteiger partial charge in [0.1, 0.15) is 0 Å². The Morgan fingerprint density at radius 3 is 1.59 bits per heavy atom. The molecule has 0 spiro atoms. The second-order valence-electron chi connectivity index (χ2n) is 5.87. The summed E-state index contributed by atoms with van der Waals surface area (Å²) in [5.41, 5.74) is 4.79. The van der Waals surface area contributed by atoms with E-state index in [2.05, 4.69) is 6.92 Å². The number of hydrogen-bond acceptors (Lipinski definition) is 3. The minimum Gasteiger partial charge on any atom is -0.449 e. The predicted molar refractivity (Wildman–Crippen MR) is 89.8 cm³/mol. The first-order valence-electron chi connectivity index (χ1n) is 8.90. The third-order valence-corrected chi connectivity index (χ3v) is 3.71. The molecule has 5 nitrogen and oxygen atoms in total. The second kappa shape index (κ2) is 16.1. The van der Waals surface area contributed by atoms with E-state index in [4.69, 9.17) is 10.5 Å². The van der Waals surface area contributed by atoms with Crippen molar-refractivity contribution in [1.82, 2.24) is 5.32 Å². The van der Waals surface area contributed by atoms with Crippen LogP contribution in [0.2, 0.25) is 0 Å². The molecule has 0 radical (unpaired) electrons. The third kappa shape index (κ3) is 16.8. The number of urea groups is 1. The van der Waals surface area contributed by atoms with Crippen LogP contribution in [-0.4, -0.2) is 18.7 Å². The maximum atomic E-state index is 10.9. The molecule has 0 saturated heterocycles. The van der Waals surface area contributed by atoms with Crippen LogP contribution in [0.3, 0.4) is 0 Å². The number of unbranched alkanes of at least 4 members (excludes halogenated alkanes) is 12. The van der Waals surface area contributed by atoms with Crippen LogP contribution in [0, 0.1) is 0 Å². The molecule has 0 rings (SSSR count). The van der Waals surface area contributed by atoms with E-state index in [0.717, 1.165) is 12.8 Å². The summed E-state index contributed by atoms with van der Waals surface area (Å²) in [6, 6.07) is -0.879. The number of primary amides is 1. The molecule has 0 atom stereocenters. The lowest BCUT2D eigenvalue weighted by Gasteiger charge is -2.04. The predicted octanol–water partition coefficient (Wildman–Crippen LogP) is 4.88. The Morgan fingerprint density at radius 1 is 0.773 bits per heavy atom. The molecule has 3 amide bonds. The fourth-order valence-electron chi connectivity index (χ4n) is 2.42. The highest BCUT2D eigenvalue weighted by atomic mass is 16.5. The fraction of sp³-hybridized carbons (Fsp3) is 0.882. The van der Waals surface area contributed by atoms with Gasteiger partial charge in [0.25, 0.3) is 0 Å². The van der Waals surface area contributed by atoms with Crippen LogP contribution in [0.4, 0.5) is 9.59 Å². The zero-order chi connectivity index (χ0) is 16.5. The van der Waals surface area contributed by atoms with Crippen LogP contribution in [0.25, 0.3) is 0 Å². The number of ether oxygens (including phenoxy) is 1. The monoisotopic (exact) mass is 314 g/mol. The van der Waals surface area contributed by atoms with Crippen LogP contribution in [0.1, 0.15) is 90.4 Å². The second-order valence-corrected chi connectivity index (χ2v) is 5.87. The topological polar surface area (TPSA) is 81.4 Å². The van der Waals surface area contributed by atoms with Crippen LogP contribution < -0.4 is 11.1 Å². The SMILES string of the molecule is CCCCCCCCCCCCCCCOC(=O)NC(N)=O. The Hall–Kier alpha value is -1.26. The molecule has 0 aliphatic rings. The molecule has 0 aromatic rings. The molecule has 0 aromatic heterocycles. The molecule has 5 heteroatoms. The normalized spacial score (nSPS) is 10.4. The minimum atomic E-state index is -0.879. The summed E-state index contributed by atoms with van der Waals surface area (Å²) in [5, 5.41) is 1.87. The molecule has 0 fully saturated rings. The summed E-state index contributed by atoms with van der Waals surface area (Å²) < 4.78 is 4.80. The average Bonchev–Trinajstić information content (AvgIpc) is 2.47. The third-order valence-electron chi connectivity index (χ3n) is 3.71. The number of carbonyl (C=O) groups excluding carboxylic acids is 2. The van der Waals surface area contributed by atoms with Gasteiger partial charge in [0.05, 0.1) is 6.61 Å². The molecule has 0 aromatic carbocycles. The molecule has 22 heavy (non-hydrogen) atoms. The summed E-state index contributed by atoms with van der Waals surface area (Å²) in [5.74, 6) is 0. The van der Waals surface area contributed by atoms with Gasteiger partial charge in [-0.15, -0.1) is 0 Å². The average molecular weight is 314 g/mol. The van der Waals surface area contributed by atoms with Crippen molar-refractivity contribution in [3.63, 3.8) is 0 Å². The Kier molecular flexibility index (Phi) is 15.2. The summed E-state index contributed by atoms with van der Waals surface area (Å²) in [6.45, 7) is 2.60. The summed E-state index contributed by atoms with van der Waals surface area (Å²) in [7, 11) is 0. The van der Waals surface area contributed by atoms with E-state index in [1.54, 1.807) is 0 Å². The molecule has 0 unspecified atom stereocenters. The summed E-state index contributed by atoms with van der Waals surface area (Å²) in [6.07, 6.45) is 15.8. The number of rotatable bonds is 14. The van der Waals surface area contributed by atoms with Crippen molar-refractivity contribution in [1.29, 1.82) is 0 Å². The Labute approximate surface area is 135 Å². The number of carbonyl (C=O) groups is 2. The van der Waals surface area contributed by atoms with Crippen LogP contribution in [0.5, 0.6) is 0 Å². The highest BCUT2D eigenvalue weighted by Gasteiger charge is 2.03. The van der Waals surface area contributed by atoms with Crippen LogP contribution >= 0.6 is 0 Å².